The van der Waals surface area contributed by atoms with E-state index in [-0.39, 0.29) is 11.8 Å². The molecule has 6 rings (SSSR count). The molecule has 2 aliphatic heterocycles. The van der Waals surface area contributed by atoms with Crippen molar-refractivity contribution >= 4 is 17.0 Å². The van der Waals surface area contributed by atoms with E-state index >= 15 is 0 Å². The van der Waals surface area contributed by atoms with Crippen LogP contribution in [0.3, 0.4) is 0 Å². The maximum atomic E-state index is 9.63. The molecule has 33 heavy (non-hydrogen) atoms. The molecule has 0 spiro atoms. The maximum absolute atomic E-state index is 9.63. The number of anilines is 1. The molecule has 0 saturated heterocycles. The van der Waals surface area contributed by atoms with Gasteiger partial charge in [0.25, 0.3) is 0 Å². The van der Waals surface area contributed by atoms with E-state index < -0.39 is 0 Å². The molecule has 1 atom stereocenters. The predicted octanol–water partition coefficient (Wildman–Crippen LogP) is 4.90. The first-order valence-electron chi connectivity index (χ1n) is 10.8. The van der Waals surface area contributed by atoms with Crippen LogP contribution in [0.5, 0.6) is 0 Å². The monoisotopic (exact) mass is 435 g/mol. The van der Waals surface area contributed by atoms with E-state index in [1.807, 2.05) is 30.6 Å². The molecule has 2 aromatic carbocycles. The van der Waals surface area contributed by atoms with Crippen molar-refractivity contribution in [2.75, 3.05) is 11.5 Å². The largest absolute Gasteiger partial charge is 0.508 e. The molecule has 0 radical (unpaired) electrons. The van der Waals surface area contributed by atoms with Crippen molar-refractivity contribution in [1.29, 1.82) is 0 Å². The zero-order valence-electron chi connectivity index (χ0n) is 17.7. The number of hydrogen-bond donors (Lipinski definition) is 1. The number of fused-ring (bicyclic) bond motifs is 3. The molecule has 4 aromatic rings. The van der Waals surface area contributed by atoms with Gasteiger partial charge in [-0.2, -0.15) is 0 Å². The summed E-state index contributed by atoms with van der Waals surface area (Å²) in [4.78, 5) is 15.6. The lowest BCUT2D eigenvalue weighted by molar-refractivity contribution is 0.0679. The number of allylic oxidation sites excluding steroid dienone is 3. The van der Waals surface area contributed by atoms with Crippen LogP contribution >= 0.6 is 0 Å². The Morgan fingerprint density at radius 1 is 0.970 bits per heavy atom. The van der Waals surface area contributed by atoms with Gasteiger partial charge in [0.1, 0.15) is 18.2 Å². The Labute approximate surface area is 190 Å². The SMILES string of the molecule is OC1=CC=CN(c2ncc(-c3ccc4nc5n(c4c3)[C@@H](c3ccccc3)COC5)cn2)C=C1. The zero-order chi connectivity index (χ0) is 22.2. The summed E-state index contributed by atoms with van der Waals surface area (Å²) in [7, 11) is 0. The van der Waals surface area contributed by atoms with Crippen molar-refractivity contribution < 1.29 is 9.84 Å². The minimum absolute atomic E-state index is 0.0838. The Morgan fingerprint density at radius 3 is 2.67 bits per heavy atom. The first kappa shape index (κ1) is 19.5. The first-order valence-corrected chi connectivity index (χ1v) is 10.8. The normalized spacial score (nSPS) is 17.6. The van der Waals surface area contributed by atoms with E-state index in [0.717, 1.165) is 28.0 Å². The highest BCUT2D eigenvalue weighted by Crippen LogP contribution is 2.32. The lowest BCUT2D eigenvalue weighted by atomic mass is 10.1. The van der Waals surface area contributed by atoms with Gasteiger partial charge in [-0.1, -0.05) is 36.4 Å². The number of benzene rings is 2. The third-order valence-electron chi connectivity index (χ3n) is 5.89. The average Bonchev–Trinajstić information content (AvgIpc) is 3.10. The van der Waals surface area contributed by atoms with Gasteiger partial charge in [0, 0.05) is 30.4 Å². The van der Waals surface area contributed by atoms with Crippen LogP contribution in [0.15, 0.2) is 97.3 Å². The van der Waals surface area contributed by atoms with Gasteiger partial charge in [-0.05, 0) is 41.5 Å². The number of nitrogens with zero attached hydrogens (tertiary/aromatic N) is 5. The Kier molecular flexibility index (Phi) is 4.74. The fourth-order valence-electron chi connectivity index (χ4n) is 4.26. The second-order valence-corrected chi connectivity index (χ2v) is 7.97. The summed E-state index contributed by atoms with van der Waals surface area (Å²) in [5.74, 6) is 1.64. The lowest BCUT2D eigenvalue weighted by Gasteiger charge is -2.26. The topological polar surface area (TPSA) is 76.3 Å². The van der Waals surface area contributed by atoms with Gasteiger partial charge in [0.05, 0.1) is 23.7 Å². The summed E-state index contributed by atoms with van der Waals surface area (Å²) in [5, 5.41) is 9.63. The van der Waals surface area contributed by atoms with E-state index in [9.17, 15) is 5.11 Å². The van der Waals surface area contributed by atoms with Gasteiger partial charge < -0.3 is 14.4 Å². The quantitative estimate of drug-likeness (QED) is 0.493. The van der Waals surface area contributed by atoms with Crippen molar-refractivity contribution in [1.82, 2.24) is 19.5 Å². The molecular formula is C26H21N5O2. The van der Waals surface area contributed by atoms with Crippen LogP contribution in [0.1, 0.15) is 17.4 Å². The van der Waals surface area contributed by atoms with Crippen LogP contribution in [0.4, 0.5) is 5.95 Å². The summed E-state index contributed by atoms with van der Waals surface area (Å²) in [6.07, 6.45) is 12.1. The minimum Gasteiger partial charge on any atom is -0.508 e. The predicted molar refractivity (Wildman–Crippen MR) is 126 cm³/mol. The maximum Gasteiger partial charge on any atom is 0.233 e. The fourth-order valence-corrected chi connectivity index (χ4v) is 4.26. The highest BCUT2D eigenvalue weighted by Gasteiger charge is 2.25. The highest BCUT2D eigenvalue weighted by molar-refractivity contribution is 5.83. The number of ether oxygens (including phenoxy) is 1. The van der Waals surface area contributed by atoms with Crippen molar-refractivity contribution in [3.63, 3.8) is 0 Å². The lowest BCUT2D eigenvalue weighted by Crippen LogP contribution is -2.24. The molecule has 4 heterocycles. The molecule has 7 nitrogen and oxygen atoms in total. The zero-order valence-corrected chi connectivity index (χ0v) is 17.7. The van der Waals surface area contributed by atoms with Crippen molar-refractivity contribution in [2.45, 2.75) is 12.6 Å². The molecule has 0 aliphatic carbocycles. The van der Waals surface area contributed by atoms with Crippen molar-refractivity contribution in [3.8, 4) is 11.1 Å². The number of aromatic nitrogens is 4. The molecule has 0 fully saturated rings. The molecule has 0 unspecified atom stereocenters. The first-order chi connectivity index (χ1) is 16.3. The van der Waals surface area contributed by atoms with Crippen LogP contribution in [0, 0.1) is 0 Å². The molecule has 0 amide bonds. The Hall–Kier alpha value is -4.23. The molecule has 1 N–H and O–H groups in total. The molecular weight excluding hydrogens is 414 g/mol. The van der Waals surface area contributed by atoms with Gasteiger partial charge >= 0.3 is 0 Å². The number of aliphatic hydroxyl groups excluding tert-OH is 1. The molecule has 0 saturated carbocycles. The third-order valence-corrected chi connectivity index (χ3v) is 5.89. The van der Waals surface area contributed by atoms with Crippen LogP contribution in [0.25, 0.3) is 22.2 Å². The highest BCUT2D eigenvalue weighted by atomic mass is 16.5. The third kappa shape index (κ3) is 3.58. The van der Waals surface area contributed by atoms with Crippen LogP contribution in [-0.4, -0.2) is 31.2 Å². The number of imidazole rings is 1. The van der Waals surface area contributed by atoms with Gasteiger partial charge in [-0.15, -0.1) is 0 Å². The van der Waals surface area contributed by atoms with Gasteiger partial charge in [0.2, 0.25) is 5.95 Å². The standard InChI is InChI=1S/C26H21N5O2/c32-21-7-4-11-30(12-10-21)26-27-14-20(15-28-26)19-8-9-22-23(13-19)31-24(16-33-17-25(31)29-22)18-5-2-1-3-6-18/h1-15,24,32H,16-17H2/t24-/m1/s1. The fraction of sp³-hybridized carbons (Fsp3) is 0.115. The van der Waals surface area contributed by atoms with Crippen molar-refractivity contribution in [3.05, 3.63) is 109 Å². The summed E-state index contributed by atoms with van der Waals surface area (Å²) in [6, 6.07) is 16.7. The summed E-state index contributed by atoms with van der Waals surface area (Å²) >= 11 is 0. The van der Waals surface area contributed by atoms with Gasteiger partial charge in [-0.25, -0.2) is 15.0 Å². The van der Waals surface area contributed by atoms with Gasteiger partial charge in [-0.3, -0.25) is 4.90 Å². The van der Waals surface area contributed by atoms with E-state index in [2.05, 4.69) is 44.9 Å². The van der Waals surface area contributed by atoms with E-state index in [1.54, 1.807) is 35.5 Å². The van der Waals surface area contributed by atoms with Crippen LogP contribution in [-0.2, 0) is 11.3 Å². The average molecular weight is 435 g/mol. The van der Waals surface area contributed by atoms with E-state index in [0.29, 0.717) is 19.2 Å². The summed E-state index contributed by atoms with van der Waals surface area (Å²) < 4.78 is 8.15. The Bertz CT molecular complexity index is 1400. The van der Waals surface area contributed by atoms with E-state index in [1.165, 1.54) is 5.56 Å². The molecule has 2 aliphatic rings. The molecule has 162 valence electrons. The Morgan fingerprint density at radius 2 is 1.82 bits per heavy atom. The minimum atomic E-state index is 0.0838. The second kappa shape index (κ2) is 8.03. The summed E-state index contributed by atoms with van der Waals surface area (Å²) in [6.45, 7) is 1.12. The Balaban J connectivity index is 1.37. The van der Waals surface area contributed by atoms with Crippen molar-refractivity contribution in [2.24, 2.45) is 0 Å². The summed E-state index contributed by atoms with van der Waals surface area (Å²) in [5.41, 5.74) is 5.17. The van der Waals surface area contributed by atoms with Crippen LogP contribution in [0.2, 0.25) is 0 Å². The van der Waals surface area contributed by atoms with Crippen LogP contribution < -0.4 is 4.90 Å². The molecule has 0 bridgehead atoms. The molecule has 2 aromatic heterocycles. The molecule has 7 heteroatoms. The van der Waals surface area contributed by atoms with E-state index in [4.69, 9.17) is 9.72 Å². The number of hydrogen-bond acceptors (Lipinski definition) is 6. The smallest absolute Gasteiger partial charge is 0.233 e. The number of aliphatic hydroxyl groups is 1. The van der Waals surface area contributed by atoms with Gasteiger partial charge in [0.15, 0.2) is 0 Å². The second-order valence-electron chi connectivity index (χ2n) is 7.97. The number of rotatable bonds is 3.